The molecule has 11 heteroatoms. The summed E-state index contributed by atoms with van der Waals surface area (Å²) < 4.78 is 66.7. The number of halogens is 5. The van der Waals surface area contributed by atoms with Crippen molar-refractivity contribution >= 4 is 17.6 Å². The van der Waals surface area contributed by atoms with Crippen molar-refractivity contribution in [2.45, 2.75) is 19.5 Å². The van der Waals surface area contributed by atoms with E-state index in [2.05, 4.69) is 15.7 Å². The second-order valence-corrected chi connectivity index (χ2v) is 6.81. The van der Waals surface area contributed by atoms with Gasteiger partial charge in [-0.2, -0.15) is 18.3 Å². The third-order valence-corrected chi connectivity index (χ3v) is 4.33. The predicted molar refractivity (Wildman–Crippen MR) is 105 cm³/mol. The maximum atomic E-state index is 13.6. The standard InChI is InChI=1S/C21H17F5N4O2/c1-12-9-18(30(29-12)15-4-2-3-13(10-15)21(24,25)26)28-19(31)7-8-27-20(32)16-6-5-14(22)11-17(16)23/h2-6,9-11H,7-8H2,1H3,(H,27,32)(H,28,31). The maximum absolute atomic E-state index is 13.6. The van der Waals surface area contributed by atoms with E-state index in [1.165, 1.54) is 18.2 Å². The van der Waals surface area contributed by atoms with Crippen LogP contribution < -0.4 is 10.6 Å². The van der Waals surface area contributed by atoms with Gasteiger partial charge in [-0.25, -0.2) is 13.5 Å². The van der Waals surface area contributed by atoms with E-state index < -0.39 is 35.2 Å². The van der Waals surface area contributed by atoms with Crippen LogP contribution in [0.15, 0.2) is 48.5 Å². The van der Waals surface area contributed by atoms with E-state index in [0.717, 1.165) is 28.9 Å². The fourth-order valence-electron chi connectivity index (χ4n) is 2.86. The van der Waals surface area contributed by atoms with Crippen molar-refractivity contribution in [1.29, 1.82) is 0 Å². The number of nitrogens with zero attached hydrogens (tertiary/aromatic N) is 2. The van der Waals surface area contributed by atoms with Crippen LogP contribution in [0.4, 0.5) is 27.8 Å². The van der Waals surface area contributed by atoms with E-state index in [9.17, 15) is 31.5 Å². The lowest BCUT2D eigenvalue weighted by molar-refractivity contribution is -0.137. The van der Waals surface area contributed by atoms with Crippen molar-refractivity contribution in [1.82, 2.24) is 15.1 Å². The van der Waals surface area contributed by atoms with Gasteiger partial charge in [0.15, 0.2) is 0 Å². The van der Waals surface area contributed by atoms with E-state index in [1.54, 1.807) is 6.92 Å². The van der Waals surface area contributed by atoms with Crippen LogP contribution in [0.2, 0.25) is 0 Å². The summed E-state index contributed by atoms with van der Waals surface area (Å²) in [5.41, 5.74) is -0.678. The minimum Gasteiger partial charge on any atom is -0.351 e. The van der Waals surface area contributed by atoms with Crippen LogP contribution in [0, 0.1) is 18.6 Å². The molecule has 168 valence electrons. The number of hydrogen-bond acceptors (Lipinski definition) is 3. The predicted octanol–water partition coefficient (Wildman–Crippen LogP) is 4.24. The molecule has 0 spiro atoms. The summed E-state index contributed by atoms with van der Waals surface area (Å²) >= 11 is 0. The average Bonchev–Trinajstić information content (AvgIpc) is 3.07. The van der Waals surface area contributed by atoms with Crippen molar-refractivity contribution in [3.05, 3.63) is 77.0 Å². The number of carbonyl (C=O) groups excluding carboxylic acids is 2. The molecule has 0 atom stereocenters. The van der Waals surface area contributed by atoms with Gasteiger partial charge in [0.25, 0.3) is 5.91 Å². The highest BCUT2D eigenvalue weighted by Crippen LogP contribution is 2.31. The summed E-state index contributed by atoms with van der Waals surface area (Å²) in [5, 5.41) is 8.98. The summed E-state index contributed by atoms with van der Waals surface area (Å²) in [6.45, 7) is 1.45. The van der Waals surface area contributed by atoms with E-state index in [0.29, 0.717) is 11.8 Å². The fraction of sp³-hybridized carbons (Fsp3) is 0.190. The van der Waals surface area contributed by atoms with Crippen LogP contribution in [0.1, 0.15) is 28.0 Å². The second-order valence-electron chi connectivity index (χ2n) is 6.81. The molecule has 0 aliphatic heterocycles. The van der Waals surface area contributed by atoms with Gasteiger partial charge in [0, 0.05) is 25.1 Å². The van der Waals surface area contributed by atoms with Gasteiger partial charge >= 0.3 is 6.18 Å². The van der Waals surface area contributed by atoms with E-state index in [4.69, 9.17) is 0 Å². The number of aromatic nitrogens is 2. The molecule has 0 aliphatic rings. The Labute approximate surface area is 179 Å². The van der Waals surface area contributed by atoms with Crippen LogP contribution in [0.3, 0.4) is 0 Å². The molecular formula is C21H17F5N4O2. The Bertz CT molecular complexity index is 1160. The number of anilines is 1. The molecule has 2 aromatic carbocycles. The summed E-state index contributed by atoms with van der Waals surface area (Å²) in [6, 6.07) is 8.42. The lowest BCUT2D eigenvalue weighted by Crippen LogP contribution is -2.28. The molecule has 3 aromatic rings. The second kappa shape index (κ2) is 9.16. The zero-order valence-corrected chi connectivity index (χ0v) is 16.6. The monoisotopic (exact) mass is 452 g/mol. The molecule has 2 N–H and O–H groups in total. The average molecular weight is 452 g/mol. The molecule has 6 nitrogen and oxygen atoms in total. The Hall–Kier alpha value is -3.76. The number of benzene rings is 2. The third-order valence-electron chi connectivity index (χ3n) is 4.33. The first kappa shape index (κ1) is 22.9. The van der Waals surface area contributed by atoms with Crippen LogP contribution in [-0.4, -0.2) is 28.1 Å². The number of amides is 2. The molecular weight excluding hydrogens is 435 g/mol. The summed E-state index contributed by atoms with van der Waals surface area (Å²) in [7, 11) is 0. The first-order valence-electron chi connectivity index (χ1n) is 9.32. The molecule has 0 fully saturated rings. The SMILES string of the molecule is Cc1cc(NC(=O)CCNC(=O)c2ccc(F)cc2F)n(-c2cccc(C(F)(F)F)c2)n1. The zero-order chi connectivity index (χ0) is 23.5. The quantitative estimate of drug-likeness (QED) is 0.550. The Kier molecular flexibility index (Phi) is 6.56. The van der Waals surface area contributed by atoms with Gasteiger partial charge in [-0.1, -0.05) is 6.07 Å². The van der Waals surface area contributed by atoms with E-state index in [-0.39, 0.29) is 30.0 Å². The largest absolute Gasteiger partial charge is 0.416 e. The molecule has 3 rings (SSSR count). The topological polar surface area (TPSA) is 76.0 Å². The van der Waals surface area contributed by atoms with Crippen LogP contribution in [0.25, 0.3) is 5.69 Å². The van der Waals surface area contributed by atoms with Gasteiger partial charge in [0.2, 0.25) is 5.91 Å². The third kappa shape index (κ3) is 5.48. The van der Waals surface area contributed by atoms with Crippen LogP contribution in [0.5, 0.6) is 0 Å². The molecule has 0 aliphatic carbocycles. The molecule has 1 aromatic heterocycles. The fourth-order valence-corrected chi connectivity index (χ4v) is 2.86. The molecule has 0 bridgehead atoms. The van der Waals surface area contributed by atoms with E-state index >= 15 is 0 Å². The van der Waals surface area contributed by atoms with Crippen molar-refractivity contribution in [2.75, 3.05) is 11.9 Å². The summed E-state index contributed by atoms with van der Waals surface area (Å²) in [5.74, 6) is -3.10. The molecule has 0 unspecified atom stereocenters. The Morgan fingerprint density at radius 1 is 1.06 bits per heavy atom. The summed E-state index contributed by atoms with van der Waals surface area (Å²) in [4.78, 5) is 24.2. The number of rotatable bonds is 6. The zero-order valence-electron chi connectivity index (χ0n) is 16.6. The van der Waals surface area contributed by atoms with Crippen molar-refractivity contribution < 1.29 is 31.5 Å². The minimum atomic E-state index is -4.54. The van der Waals surface area contributed by atoms with Crippen LogP contribution >= 0.6 is 0 Å². The molecule has 32 heavy (non-hydrogen) atoms. The smallest absolute Gasteiger partial charge is 0.351 e. The molecule has 1 heterocycles. The van der Waals surface area contributed by atoms with Crippen molar-refractivity contribution in [3.63, 3.8) is 0 Å². The van der Waals surface area contributed by atoms with Gasteiger partial charge in [0.1, 0.15) is 17.5 Å². The highest BCUT2D eigenvalue weighted by atomic mass is 19.4. The number of aryl methyl sites for hydroxylation is 1. The highest BCUT2D eigenvalue weighted by molar-refractivity contribution is 5.95. The normalized spacial score (nSPS) is 11.3. The first-order valence-corrected chi connectivity index (χ1v) is 9.32. The number of nitrogens with one attached hydrogen (secondary N) is 2. The van der Waals surface area contributed by atoms with Crippen molar-refractivity contribution in [2.24, 2.45) is 0 Å². The minimum absolute atomic E-state index is 0.100. The Morgan fingerprint density at radius 2 is 1.81 bits per heavy atom. The van der Waals surface area contributed by atoms with Gasteiger partial charge in [-0.3, -0.25) is 9.59 Å². The number of alkyl halides is 3. The van der Waals surface area contributed by atoms with E-state index in [1.807, 2.05) is 0 Å². The number of carbonyl (C=O) groups is 2. The van der Waals surface area contributed by atoms with Gasteiger partial charge in [0.05, 0.1) is 22.5 Å². The molecule has 2 amide bonds. The molecule has 0 saturated carbocycles. The van der Waals surface area contributed by atoms with Gasteiger partial charge < -0.3 is 10.6 Å². The molecule has 0 radical (unpaired) electrons. The Balaban J connectivity index is 1.64. The molecule has 0 saturated heterocycles. The van der Waals surface area contributed by atoms with Crippen molar-refractivity contribution in [3.8, 4) is 5.69 Å². The highest BCUT2D eigenvalue weighted by Gasteiger charge is 2.30. The van der Waals surface area contributed by atoms with Gasteiger partial charge in [-0.05, 0) is 37.3 Å². The lowest BCUT2D eigenvalue weighted by atomic mass is 10.2. The van der Waals surface area contributed by atoms with Gasteiger partial charge in [-0.15, -0.1) is 0 Å². The van der Waals surface area contributed by atoms with Crippen LogP contribution in [-0.2, 0) is 11.0 Å². The Morgan fingerprint density at radius 3 is 2.50 bits per heavy atom. The first-order chi connectivity index (χ1) is 15.0. The summed E-state index contributed by atoms with van der Waals surface area (Å²) in [6.07, 6.45) is -4.74. The maximum Gasteiger partial charge on any atom is 0.416 e. The number of hydrogen-bond donors (Lipinski definition) is 2. The lowest BCUT2D eigenvalue weighted by Gasteiger charge is -2.12.